The number of aryl methyl sites for hydroxylation is 1. The first-order valence-electron chi connectivity index (χ1n) is 10.1. The quantitative estimate of drug-likeness (QED) is 0.248. The number of ether oxygens (including phenoxy) is 1. The van der Waals surface area contributed by atoms with Crippen molar-refractivity contribution >= 4 is 40.0 Å². The molecule has 0 aliphatic carbocycles. The minimum Gasteiger partial charge on any atom is -0.490 e. The molecular formula is C22H33IN4O3S. The van der Waals surface area contributed by atoms with E-state index in [4.69, 9.17) is 9.88 Å². The molecule has 0 spiro atoms. The van der Waals surface area contributed by atoms with E-state index in [1.807, 2.05) is 0 Å². The summed E-state index contributed by atoms with van der Waals surface area (Å²) in [7, 11) is -1.94. The number of rotatable bonds is 9. The number of primary sulfonamides is 1. The maximum Gasteiger partial charge on any atom is 0.238 e. The number of hydrogen-bond donors (Lipinski definition) is 3. The smallest absolute Gasteiger partial charge is 0.238 e. The van der Waals surface area contributed by atoms with Gasteiger partial charge in [0.1, 0.15) is 5.75 Å². The Morgan fingerprint density at radius 2 is 1.84 bits per heavy atom. The number of aliphatic imine (C=N–C) groups is 1. The van der Waals surface area contributed by atoms with Crippen LogP contribution in [0, 0.1) is 6.92 Å². The number of guanidine groups is 1. The zero-order valence-corrected chi connectivity index (χ0v) is 21.7. The van der Waals surface area contributed by atoms with Crippen molar-refractivity contribution in [2.45, 2.75) is 51.2 Å². The standard InChI is InChI=1S/C22H32N4O3S.HI/c1-5-17(3)29-21-14-16(2)6-9-19(21)15-26-22(24-4)25-13-12-18-7-10-20(11-8-18)30(23,27)28;/h6-11,14,17H,5,12-13,15H2,1-4H3,(H2,23,27,28)(H2,24,25,26);1H. The van der Waals surface area contributed by atoms with Gasteiger partial charge < -0.3 is 15.4 Å². The summed E-state index contributed by atoms with van der Waals surface area (Å²) in [6, 6.07) is 12.8. The summed E-state index contributed by atoms with van der Waals surface area (Å²) in [4.78, 5) is 4.38. The maximum absolute atomic E-state index is 11.3. The van der Waals surface area contributed by atoms with Gasteiger partial charge in [-0.2, -0.15) is 0 Å². The number of benzene rings is 2. The van der Waals surface area contributed by atoms with Gasteiger partial charge in [0.05, 0.1) is 11.0 Å². The Bertz CT molecular complexity index is 963. The van der Waals surface area contributed by atoms with Gasteiger partial charge in [0, 0.05) is 25.7 Å². The molecule has 1 unspecified atom stereocenters. The average Bonchev–Trinajstić information content (AvgIpc) is 2.71. The molecule has 31 heavy (non-hydrogen) atoms. The molecule has 0 saturated heterocycles. The van der Waals surface area contributed by atoms with Crippen LogP contribution in [0.3, 0.4) is 0 Å². The molecule has 0 aliphatic heterocycles. The van der Waals surface area contributed by atoms with Crippen LogP contribution < -0.4 is 20.5 Å². The zero-order valence-electron chi connectivity index (χ0n) is 18.5. The van der Waals surface area contributed by atoms with Crippen LogP contribution in [0.5, 0.6) is 5.75 Å². The van der Waals surface area contributed by atoms with Gasteiger partial charge in [-0.25, -0.2) is 13.6 Å². The van der Waals surface area contributed by atoms with E-state index in [0.29, 0.717) is 19.0 Å². The van der Waals surface area contributed by atoms with Crippen molar-refractivity contribution in [3.63, 3.8) is 0 Å². The Balaban J connectivity index is 0.00000480. The van der Waals surface area contributed by atoms with Gasteiger partial charge in [0.15, 0.2) is 5.96 Å². The normalized spacial score (nSPS) is 12.6. The third-order valence-corrected chi connectivity index (χ3v) is 5.68. The van der Waals surface area contributed by atoms with E-state index in [0.717, 1.165) is 35.3 Å². The number of halogens is 1. The molecule has 172 valence electrons. The lowest BCUT2D eigenvalue weighted by atomic mass is 10.1. The second kappa shape index (κ2) is 12.9. The monoisotopic (exact) mass is 560 g/mol. The van der Waals surface area contributed by atoms with Gasteiger partial charge in [-0.3, -0.25) is 4.99 Å². The largest absolute Gasteiger partial charge is 0.490 e. The molecule has 2 aromatic carbocycles. The van der Waals surface area contributed by atoms with Gasteiger partial charge in [-0.05, 0) is 56.0 Å². The highest BCUT2D eigenvalue weighted by atomic mass is 127. The van der Waals surface area contributed by atoms with Crippen LogP contribution in [0.1, 0.15) is 37.0 Å². The van der Waals surface area contributed by atoms with Gasteiger partial charge in [-0.15, -0.1) is 24.0 Å². The SMILES string of the molecule is CCC(C)Oc1cc(C)ccc1CNC(=NC)NCCc1ccc(S(N)(=O)=O)cc1.I. The molecule has 0 fully saturated rings. The Hall–Kier alpha value is -1.85. The zero-order chi connectivity index (χ0) is 22.1. The van der Waals surface area contributed by atoms with E-state index in [9.17, 15) is 8.42 Å². The molecule has 0 amide bonds. The number of sulfonamides is 1. The average molecular weight is 561 g/mol. The number of nitrogens with zero attached hydrogens (tertiary/aromatic N) is 1. The molecular weight excluding hydrogens is 527 g/mol. The summed E-state index contributed by atoms with van der Waals surface area (Å²) in [5.41, 5.74) is 3.24. The molecule has 7 nitrogen and oxygen atoms in total. The minimum absolute atomic E-state index is 0. The molecule has 0 aliphatic rings. The fourth-order valence-electron chi connectivity index (χ4n) is 2.79. The Labute approximate surface area is 202 Å². The fraction of sp³-hybridized carbons (Fsp3) is 0.409. The first-order chi connectivity index (χ1) is 14.2. The van der Waals surface area contributed by atoms with E-state index in [1.165, 1.54) is 12.1 Å². The van der Waals surface area contributed by atoms with Gasteiger partial charge in [-0.1, -0.05) is 31.2 Å². The molecule has 4 N–H and O–H groups in total. The van der Waals surface area contributed by atoms with Crippen LogP contribution in [0.4, 0.5) is 0 Å². The van der Waals surface area contributed by atoms with Crippen LogP contribution in [0.25, 0.3) is 0 Å². The maximum atomic E-state index is 11.3. The summed E-state index contributed by atoms with van der Waals surface area (Å²) in [6.07, 6.45) is 1.82. The molecule has 0 aromatic heterocycles. The lowest BCUT2D eigenvalue weighted by molar-refractivity contribution is 0.215. The molecule has 0 bridgehead atoms. The van der Waals surface area contributed by atoms with Gasteiger partial charge in [0.25, 0.3) is 0 Å². The first-order valence-corrected chi connectivity index (χ1v) is 11.6. The van der Waals surface area contributed by atoms with E-state index >= 15 is 0 Å². The van der Waals surface area contributed by atoms with Crippen LogP contribution in [-0.2, 0) is 23.0 Å². The van der Waals surface area contributed by atoms with Crippen molar-refractivity contribution < 1.29 is 13.2 Å². The molecule has 0 heterocycles. The summed E-state index contributed by atoms with van der Waals surface area (Å²) < 4.78 is 28.7. The molecule has 9 heteroatoms. The molecule has 0 saturated carbocycles. The summed E-state index contributed by atoms with van der Waals surface area (Å²) in [5.74, 6) is 1.58. The van der Waals surface area contributed by atoms with Crippen molar-refractivity contribution in [2.75, 3.05) is 13.6 Å². The summed E-state index contributed by atoms with van der Waals surface area (Å²) in [6.45, 7) is 7.46. The van der Waals surface area contributed by atoms with Crippen LogP contribution in [-0.4, -0.2) is 34.1 Å². The van der Waals surface area contributed by atoms with Crippen molar-refractivity contribution in [3.05, 3.63) is 59.2 Å². The van der Waals surface area contributed by atoms with Crippen molar-refractivity contribution in [1.29, 1.82) is 0 Å². The minimum atomic E-state index is -3.66. The van der Waals surface area contributed by atoms with Crippen molar-refractivity contribution in [1.82, 2.24) is 10.6 Å². The third kappa shape index (κ3) is 9.04. The predicted octanol–water partition coefficient (Wildman–Crippen LogP) is 3.35. The van der Waals surface area contributed by atoms with Gasteiger partial charge >= 0.3 is 0 Å². The van der Waals surface area contributed by atoms with Crippen molar-refractivity contribution in [2.24, 2.45) is 10.1 Å². The molecule has 0 radical (unpaired) electrons. The fourth-order valence-corrected chi connectivity index (χ4v) is 3.30. The van der Waals surface area contributed by atoms with Crippen LogP contribution in [0.2, 0.25) is 0 Å². The highest BCUT2D eigenvalue weighted by molar-refractivity contribution is 14.0. The van der Waals surface area contributed by atoms with Gasteiger partial charge in [0.2, 0.25) is 10.0 Å². The van der Waals surface area contributed by atoms with E-state index < -0.39 is 10.0 Å². The molecule has 2 aromatic rings. The Morgan fingerprint density at radius 3 is 2.42 bits per heavy atom. The van der Waals surface area contributed by atoms with Crippen molar-refractivity contribution in [3.8, 4) is 5.75 Å². The summed E-state index contributed by atoms with van der Waals surface area (Å²) >= 11 is 0. The van der Waals surface area contributed by atoms with Crippen LogP contribution >= 0.6 is 24.0 Å². The lowest BCUT2D eigenvalue weighted by Gasteiger charge is -2.18. The van der Waals surface area contributed by atoms with E-state index in [-0.39, 0.29) is 35.0 Å². The highest BCUT2D eigenvalue weighted by Gasteiger charge is 2.09. The topological polar surface area (TPSA) is 106 Å². The Morgan fingerprint density at radius 1 is 1.16 bits per heavy atom. The number of hydrogen-bond acceptors (Lipinski definition) is 4. The second-order valence-corrected chi connectivity index (χ2v) is 8.80. The first kappa shape index (κ1) is 27.2. The second-order valence-electron chi connectivity index (χ2n) is 7.24. The van der Waals surface area contributed by atoms with E-state index in [1.54, 1.807) is 19.2 Å². The van der Waals surface area contributed by atoms with E-state index in [2.05, 4.69) is 54.6 Å². The molecule has 1 atom stereocenters. The number of nitrogens with two attached hydrogens (primary N) is 1. The van der Waals surface area contributed by atoms with Crippen LogP contribution in [0.15, 0.2) is 52.4 Å². The number of nitrogens with one attached hydrogen (secondary N) is 2. The molecule has 2 rings (SSSR count). The third-order valence-electron chi connectivity index (χ3n) is 4.75. The Kier molecular flexibility index (Phi) is 11.3. The summed E-state index contributed by atoms with van der Waals surface area (Å²) in [5, 5.41) is 11.7. The lowest BCUT2D eigenvalue weighted by Crippen LogP contribution is -2.38. The highest BCUT2D eigenvalue weighted by Crippen LogP contribution is 2.22. The predicted molar refractivity (Wildman–Crippen MR) is 137 cm³/mol.